The number of carbonyl (C=O) groups is 1. The highest BCUT2D eigenvalue weighted by Crippen LogP contribution is 2.09. The normalized spacial score (nSPS) is 20.3. The third-order valence-electron chi connectivity index (χ3n) is 2.70. The first-order valence-corrected chi connectivity index (χ1v) is 5.63. The Bertz CT molecular complexity index is 214. The number of hydrogen-bond acceptors (Lipinski definition) is 3. The van der Waals surface area contributed by atoms with Gasteiger partial charge in [-0.15, -0.1) is 0 Å². The fourth-order valence-corrected chi connectivity index (χ4v) is 1.85. The van der Waals surface area contributed by atoms with E-state index in [-0.39, 0.29) is 5.91 Å². The molecule has 1 rings (SSSR count). The van der Waals surface area contributed by atoms with Crippen molar-refractivity contribution in [2.45, 2.75) is 44.7 Å². The lowest BCUT2D eigenvalue weighted by atomic mass is 10.0. The van der Waals surface area contributed by atoms with Gasteiger partial charge in [0.05, 0.1) is 0 Å². The van der Waals surface area contributed by atoms with Crippen LogP contribution in [0.2, 0.25) is 0 Å². The van der Waals surface area contributed by atoms with Crippen LogP contribution in [0.25, 0.3) is 0 Å². The van der Waals surface area contributed by atoms with Crippen LogP contribution in [0, 0.1) is 0 Å². The molecule has 0 aromatic rings. The van der Waals surface area contributed by atoms with E-state index in [0.717, 1.165) is 25.9 Å². The minimum Gasteiger partial charge on any atom is -0.353 e. The first-order chi connectivity index (χ1) is 6.87. The van der Waals surface area contributed by atoms with Gasteiger partial charge in [0.2, 0.25) is 5.91 Å². The topological polar surface area (TPSA) is 58.4 Å². The summed E-state index contributed by atoms with van der Waals surface area (Å²) in [5.41, 5.74) is 5.39. The van der Waals surface area contributed by atoms with Crippen LogP contribution in [-0.2, 0) is 4.79 Å². The van der Waals surface area contributed by atoms with Gasteiger partial charge in [-0.3, -0.25) is 4.79 Å². The molecule has 88 valence electrons. The van der Waals surface area contributed by atoms with Crippen LogP contribution in [0.4, 0.5) is 0 Å². The summed E-state index contributed by atoms with van der Waals surface area (Å²) in [5.74, 6) is 0.0806. The van der Waals surface area contributed by atoms with Gasteiger partial charge in [0.15, 0.2) is 0 Å². The first kappa shape index (κ1) is 12.5. The number of nitrogens with one attached hydrogen (secondary N) is 1. The van der Waals surface area contributed by atoms with E-state index >= 15 is 0 Å². The summed E-state index contributed by atoms with van der Waals surface area (Å²) in [7, 11) is 2.11. The van der Waals surface area contributed by atoms with Crippen LogP contribution in [0.15, 0.2) is 0 Å². The van der Waals surface area contributed by atoms with Crippen molar-refractivity contribution in [3.05, 3.63) is 0 Å². The second kappa shape index (κ2) is 4.94. The number of hydrogen-bond donors (Lipinski definition) is 2. The average molecular weight is 213 g/mol. The van der Waals surface area contributed by atoms with Gasteiger partial charge >= 0.3 is 0 Å². The van der Waals surface area contributed by atoms with Crippen LogP contribution in [0.5, 0.6) is 0 Å². The van der Waals surface area contributed by atoms with E-state index < -0.39 is 5.54 Å². The molecule has 0 radical (unpaired) electrons. The Hall–Kier alpha value is -0.610. The van der Waals surface area contributed by atoms with Crippen LogP contribution in [0.3, 0.4) is 0 Å². The quantitative estimate of drug-likeness (QED) is 0.710. The molecule has 0 bridgehead atoms. The van der Waals surface area contributed by atoms with Crippen molar-refractivity contribution in [2.24, 2.45) is 5.73 Å². The lowest BCUT2D eigenvalue weighted by molar-refractivity contribution is -0.123. The Morgan fingerprint density at radius 1 is 1.47 bits per heavy atom. The highest BCUT2D eigenvalue weighted by Gasteiger charge is 2.21. The summed E-state index contributed by atoms with van der Waals surface area (Å²) in [6.45, 7) is 5.89. The number of piperidine rings is 1. The fourth-order valence-electron chi connectivity index (χ4n) is 1.85. The minimum atomic E-state index is -0.407. The number of carbonyl (C=O) groups excluding carboxylic acids is 1. The van der Waals surface area contributed by atoms with Crippen LogP contribution in [0.1, 0.15) is 33.1 Å². The molecular formula is C11H23N3O. The monoisotopic (exact) mass is 213 g/mol. The highest BCUT2D eigenvalue weighted by molar-refractivity contribution is 5.77. The first-order valence-electron chi connectivity index (χ1n) is 5.63. The Morgan fingerprint density at radius 2 is 2.00 bits per heavy atom. The molecule has 1 amide bonds. The Kier molecular flexibility index (Phi) is 4.11. The summed E-state index contributed by atoms with van der Waals surface area (Å²) >= 11 is 0. The molecule has 0 unspecified atom stereocenters. The van der Waals surface area contributed by atoms with Crippen molar-refractivity contribution in [2.75, 3.05) is 20.1 Å². The van der Waals surface area contributed by atoms with Gasteiger partial charge in [-0.25, -0.2) is 0 Å². The van der Waals surface area contributed by atoms with Gasteiger partial charge in [-0.1, -0.05) is 0 Å². The second-order valence-corrected chi connectivity index (χ2v) is 5.31. The van der Waals surface area contributed by atoms with Gasteiger partial charge in [-0.05, 0) is 46.8 Å². The maximum atomic E-state index is 11.6. The van der Waals surface area contributed by atoms with E-state index in [1.165, 1.54) is 0 Å². The maximum Gasteiger partial charge on any atom is 0.222 e. The smallest absolute Gasteiger partial charge is 0.222 e. The third-order valence-corrected chi connectivity index (χ3v) is 2.70. The number of amides is 1. The Labute approximate surface area is 92.2 Å². The van der Waals surface area contributed by atoms with Gasteiger partial charge in [0.25, 0.3) is 0 Å². The van der Waals surface area contributed by atoms with Crippen LogP contribution < -0.4 is 11.1 Å². The molecule has 1 aliphatic heterocycles. The SMILES string of the molecule is CN1CCC(NC(=O)CC(C)(C)N)CC1. The molecule has 15 heavy (non-hydrogen) atoms. The molecule has 0 saturated carbocycles. The molecular weight excluding hydrogens is 190 g/mol. The molecule has 0 atom stereocenters. The molecule has 0 aromatic carbocycles. The summed E-state index contributed by atoms with van der Waals surface area (Å²) < 4.78 is 0. The van der Waals surface area contributed by atoms with Crippen molar-refractivity contribution in [3.8, 4) is 0 Å². The van der Waals surface area contributed by atoms with E-state index in [1.807, 2.05) is 13.8 Å². The zero-order valence-electron chi connectivity index (χ0n) is 10.0. The Balaban J connectivity index is 2.27. The number of nitrogens with zero attached hydrogens (tertiary/aromatic N) is 1. The molecule has 4 nitrogen and oxygen atoms in total. The average Bonchev–Trinajstić information content (AvgIpc) is 2.05. The third kappa shape index (κ3) is 5.14. The van der Waals surface area contributed by atoms with Gasteiger partial charge < -0.3 is 16.0 Å². The molecule has 1 fully saturated rings. The van der Waals surface area contributed by atoms with Crippen molar-refractivity contribution >= 4 is 5.91 Å². The molecule has 0 aliphatic carbocycles. The summed E-state index contributed by atoms with van der Waals surface area (Å²) in [6, 6.07) is 0.344. The number of likely N-dealkylation sites (tertiary alicyclic amines) is 1. The molecule has 0 spiro atoms. The van der Waals surface area contributed by atoms with Gasteiger partial charge in [-0.2, -0.15) is 0 Å². The van der Waals surface area contributed by atoms with Crippen molar-refractivity contribution in [1.29, 1.82) is 0 Å². The van der Waals surface area contributed by atoms with Crippen LogP contribution in [-0.4, -0.2) is 42.5 Å². The predicted octanol–water partition coefficient (Wildman–Crippen LogP) is 0.324. The van der Waals surface area contributed by atoms with E-state index in [9.17, 15) is 4.79 Å². The van der Waals surface area contributed by atoms with Crippen molar-refractivity contribution in [1.82, 2.24) is 10.2 Å². The molecule has 1 saturated heterocycles. The Morgan fingerprint density at radius 3 is 2.47 bits per heavy atom. The second-order valence-electron chi connectivity index (χ2n) is 5.31. The zero-order valence-corrected chi connectivity index (χ0v) is 10.0. The molecule has 1 aliphatic rings. The zero-order chi connectivity index (χ0) is 11.5. The standard InChI is InChI=1S/C11H23N3O/c1-11(2,12)8-10(15)13-9-4-6-14(3)7-5-9/h9H,4-8,12H2,1-3H3,(H,13,15). The van der Waals surface area contributed by atoms with E-state index in [2.05, 4.69) is 17.3 Å². The fraction of sp³-hybridized carbons (Fsp3) is 0.909. The van der Waals surface area contributed by atoms with E-state index in [0.29, 0.717) is 12.5 Å². The maximum absolute atomic E-state index is 11.6. The van der Waals surface area contributed by atoms with Gasteiger partial charge in [0.1, 0.15) is 0 Å². The summed E-state index contributed by atoms with van der Waals surface area (Å²) in [4.78, 5) is 13.9. The summed E-state index contributed by atoms with van der Waals surface area (Å²) in [6.07, 6.45) is 2.50. The lowest BCUT2D eigenvalue weighted by Gasteiger charge is -2.30. The van der Waals surface area contributed by atoms with Crippen molar-refractivity contribution in [3.63, 3.8) is 0 Å². The molecule has 1 heterocycles. The minimum absolute atomic E-state index is 0.0806. The molecule has 3 N–H and O–H groups in total. The van der Waals surface area contributed by atoms with Gasteiger partial charge in [0, 0.05) is 18.0 Å². The van der Waals surface area contributed by atoms with Crippen molar-refractivity contribution < 1.29 is 4.79 Å². The van der Waals surface area contributed by atoms with E-state index in [4.69, 9.17) is 5.73 Å². The molecule has 0 aromatic heterocycles. The lowest BCUT2D eigenvalue weighted by Crippen LogP contribution is -2.46. The van der Waals surface area contributed by atoms with E-state index in [1.54, 1.807) is 0 Å². The summed E-state index contributed by atoms with van der Waals surface area (Å²) in [5, 5.41) is 3.05. The van der Waals surface area contributed by atoms with Crippen LogP contribution >= 0.6 is 0 Å². The number of rotatable bonds is 3. The number of nitrogens with two attached hydrogens (primary N) is 1. The highest BCUT2D eigenvalue weighted by atomic mass is 16.1. The molecule has 4 heteroatoms. The largest absolute Gasteiger partial charge is 0.353 e. The predicted molar refractivity (Wildman–Crippen MR) is 61.5 cm³/mol.